The fraction of sp³-hybridized carbons (Fsp3) is 0.236. The first-order valence-electron chi connectivity index (χ1n) is 21.5. The molecular weight excluding hydrogens is 821 g/mol. The minimum atomic E-state index is -1.00. The van der Waals surface area contributed by atoms with Crippen LogP contribution in [0.2, 0.25) is 0 Å². The van der Waals surface area contributed by atoms with Crippen LogP contribution in [0.1, 0.15) is 33.4 Å². The van der Waals surface area contributed by atoms with Gasteiger partial charge in [0.05, 0.1) is 47.8 Å². The van der Waals surface area contributed by atoms with E-state index in [4.69, 9.17) is 37.9 Å². The molecule has 5 atom stereocenters. The summed E-state index contributed by atoms with van der Waals surface area (Å²) in [6, 6.07) is 65.1. The van der Waals surface area contributed by atoms with Crippen molar-refractivity contribution in [1.82, 2.24) is 0 Å². The lowest BCUT2D eigenvalue weighted by atomic mass is 9.80. The molecule has 1 aliphatic heterocycles. The zero-order chi connectivity index (χ0) is 44.0. The first kappa shape index (κ1) is 44.7. The molecule has 7 aromatic rings. The van der Waals surface area contributed by atoms with E-state index in [0.717, 1.165) is 55.5 Å². The van der Waals surface area contributed by atoms with Gasteiger partial charge in [-0.2, -0.15) is 0 Å². The maximum atomic E-state index is 7.51. The van der Waals surface area contributed by atoms with Crippen molar-refractivity contribution in [2.24, 2.45) is 0 Å². The highest BCUT2D eigenvalue weighted by Gasteiger charge is 2.50. The maximum absolute atomic E-state index is 7.51. The standard InChI is InChI=1S/C55H54O8S/c1-56-46-30-24-40(25-31-46)36-59-51-50(39-62-55(43-16-8-4-9-17-43,44-18-10-5-11-19-44)45-20-12-6-13-21-45)63-54(64-49-22-14-7-15-23-49)53(61-38-42-28-34-48(58-3)35-29-42)52(51)60-37-41-26-32-47(57-2)33-27-41/h4-35,50-54H,36-39H2,1-3H3/t50-,51+,52+,53-,54+/m1/s1. The van der Waals surface area contributed by atoms with Gasteiger partial charge in [0.25, 0.3) is 0 Å². The highest BCUT2D eigenvalue weighted by Crippen LogP contribution is 2.43. The van der Waals surface area contributed by atoms with Crippen LogP contribution in [0.5, 0.6) is 17.2 Å². The summed E-state index contributed by atoms with van der Waals surface area (Å²) in [7, 11) is 4.99. The van der Waals surface area contributed by atoms with Gasteiger partial charge in [-0.3, -0.25) is 0 Å². The molecule has 0 unspecified atom stereocenters. The Morgan fingerprint density at radius 1 is 0.422 bits per heavy atom. The van der Waals surface area contributed by atoms with Crippen LogP contribution < -0.4 is 14.2 Å². The van der Waals surface area contributed by atoms with Gasteiger partial charge in [-0.25, -0.2) is 0 Å². The van der Waals surface area contributed by atoms with Crippen LogP contribution in [0.25, 0.3) is 0 Å². The smallest absolute Gasteiger partial charge is 0.143 e. The van der Waals surface area contributed by atoms with Crippen molar-refractivity contribution < 1.29 is 37.9 Å². The summed E-state index contributed by atoms with van der Waals surface area (Å²) >= 11 is 1.60. The second-order valence-electron chi connectivity index (χ2n) is 15.4. The first-order chi connectivity index (χ1) is 31.6. The summed E-state index contributed by atoms with van der Waals surface area (Å²) in [5.74, 6) is 2.31. The Kier molecular flexibility index (Phi) is 15.5. The average molecular weight is 875 g/mol. The molecule has 328 valence electrons. The maximum Gasteiger partial charge on any atom is 0.143 e. The van der Waals surface area contributed by atoms with Gasteiger partial charge in [0.1, 0.15) is 52.7 Å². The van der Waals surface area contributed by atoms with Crippen molar-refractivity contribution >= 4 is 11.8 Å². The van der Waals surface area contributed by atoms with E-state index in [1.54, 1.807) is 33.1 Å². The number of methoxy groups -OCH3 is 3. The topological polar surface area (TPSA) is 73.8 Å². The van der Waals surface area contributed by atoms with Gasteiger partial charge >= 0.3 is 0 Å². The summed E-state index contributed by atoms with van der Waals surface area (Å²) in [5, 5.41) is 0. The molecule has 1 fully saturated rings. The van der Waals surface area contributed by atoms with E-state index in [9.17, 15) is 0 Å². The second kappa shape index (κ2) is 22.1. The van der Waals surface area contributed by atoms with E-state index < -0.39 is 35.5 Å². The van der Waals surface area contributed by atoms with Gasteiger partial charge in [-0.1, -0.05) is 157 Å². The Morgan fingerprint density at radius 2 is 0.781 bits per heavy atom. The van der Waals surface area contributed by atoms with Crippen molar-refractivity contribution in [1.29, 1.82) is 0 Å². The highest BCUT2D eigenvalue weighted by atomic mass is 32.2. The molecule has 8 rings (SSSR count). The van der Waals surface area contributed by atoms with E-state index in [0.29, 0.717) is 6.61 Å². The van der Waals surface area contributed by atoms with Crippen LogP contribution in [-0.4, -0.2) is 57.8 Å². The third-order valence-corrected chi connectivity index (χ3v) is 12.6. The minimum Gasteiger partial charge on any atom is -0.497 e. The molecular formula is C55H54O8S. The number of ether oxygens (including phenoxy) is 8. The SMILES string of the molecule is COc1ccc(CO[C@H]2[C@@H](OCc3ccc(OC)cc3)[C@@H](COC(c3ccccc3)(c3ccccc3)c3ccccc3)O[C@@H](Sc3ccccc3)[C@@H]2OCc2ccc(OC)cc2)cc1. The molecule has 64 heavy (non-hydrogen) atoms. The third-order valence-electron chi connectivity index (χ3n) is 11.4. The van der Waals surface area contributed by atoms with Crippen molar-refractivity contribution in [3.05, 3.63) is 228 Å². The van der Waals surface area contributed by atoms with Crippen LogP contribution in [0, 0.1) is 0 Å². The van der Waals surface area contributed by atoms with Crippen LogP contribution in [-0.2, 0) is 49.1 Å². The van der Waals surface area contributed by atoms with Crippen LogP contribution in [0.3, 0.4) is 0 Å². The quantitative estimate of drug-likeness (QED) is 0.0696. The zero-order valence-electron chi connectivity index (χ0n) is 36.4. The largest absolute Gasteiger partial charge is 0.497 e. The summed E-state index contributed by atoms with van der Waals surface area (Å²) in [5.41, 5.74) is 4.36. The molecule has 0 spiro atoms. The average Bonchev–Trinajstić information content (AvgIpc) is 3.37. The van der Waals surface area contributed by atoms with Gasteiger partial charge in [0.15, 0.2) is 0 Å². The zero-order valence-corrected chi connectivity index (χ0v) is 37.2. The van der Waals surface area contributed by atoms with E-state index in [2.05, 4.69) is 84.9 Å². The molecule has 1 heterocycles. The lowest BCUT2D eigenvalue weighted by Gasteiger charge is -2.47. The summed E-state index contributed by atoms with van der Waals surface area (Å²) in [6.45, 7) is 1.01. The van der Waals surface area contributed by atoms with E-state index >= 15 is 0 Å². The fourth-order valence-electron chi connectivity index (χ4n) is 8.03. The predicted octanol–water partition coefficient (Wildman–Crippen LogP) is 11.3. The van der Waals surface area contributed by atoms with Crippen molar-refractivity contribution in [2.75, 3.05) is 27.9 Å². The van der Waals surface area contributed by atoms with Gasteiger partial charge in [-0.15, -0.1) is 0 Å². The van der Waals surface area contributed by atoms with Gasteiger partial charge in [0, 0.05) is 4.90 Å². The highest BCUT2D eigenvalue weighted by molar-refractivity contribution is 7.99. The molecule has 7 aromatic carbocycles. The number of benzene rings is 7. The lowest BCUT2D eigenvalue weighted by molar-refractivity contribution is -0.258. The summed E-state index contributed by atoms with van der Waals surface area (Å²) < 4.78 is 52.5. The molecule has 0 saturated carbocycles. The van der Waals surface area contributed by atoms with E-state index in [1.807, 2.05) is 109 Å². The Bertz CT molecular complexity index is 2320. The number of rotatable bonds is 20. The van der Waals surface area contributed by atoms with Gasteiger partial charge in [0.2, 0.25) is 0 Å². The summed E-state index contributed by atoms with van der Waals surface area (Å²) in [4.78, 5) is 1.03. The number of hydrogen-bond acceptors (Lipinski definition) is 9. The van der Waals surface area contributed by atoms with Crippen molar-refractivity contribution in [3.63, 3.8) is 0 Å². The Morgan fingerprint density at radius 3 is 1.17 bits per heavy atom. The Labute approximate surface area is 381 Å². The fourth-order valence-corrected chi connectivity index (χ4v) is 9.17. The van der Waals surface area contributed by atoms with E-state index in [1.165, 1.54) is 0 Å². The molecule has 0 radical (unpaired) electrons. The second-order valence-corrected chi connectivity index (χ2v) is 16.6. The minimum absolute atomic E-state index is 0.144. The van der Waals surface area contributed by atoms with Gasteiger partial charge < -0.3 is 37.9 Å². The Hall–Kier alpha value is -5.91. The molecule has 0 bridgehead atoms. The third kappa shape index (κ3) is 10.9. The monoisotopic (exact) mass is 874 g/mol. The molecule has 0 N–H and O–H groups in total. The van der Waals surface area contributed by atoms with Crippen LogP contribution >= 0.6 is 11.8 Å². The molecule has 0 aliphatic carbocycles. The number of thioether (sulfide) groups is 1. The summed E-state index contributed by atoms with van der Waals surface area (Å²) in [6.07, 6.45) is -2.50. The lowest BCUT2D eigenvalue weighted by Crippen LogP contribution is -2.60. The van der Waals surface area contributed by atoms with Crippen LogP contribution in [0.4, 0.5) is 0 Å². The Balaban J connectivity index is 1.22. The van der Waals surface area contributed by atoms with E-state index in [-0.39, 0.29) is 19.8 Å². The molecule has 8 nitrogen and oxygen atoms in total. The molecule has 9 heteroatoms. The molecule has 0 amide bonds. The first-order valence-corrected chi connectivity index (χ1v) is 22.4. The molecule has 1 saturated heterocycles. The molecule has 1 aliphatic rings. The van der Waals surface area contributed by atoms with Crippen LogP contribution in [0.15, 0.2) is 199 Å². The normalized spacial score (nSPS) is 18.6. The number of hydrogen-bond donors (Lipinski definition) is 0. The molecule has 0 aromatic heterocycles. The van der Waals surface area contributed by atoms with Gasteiger partial charge in [-0.05, 0) is 81.9 Å². The predicted molar refractivity (Wildman–Crippen MR) is 251 cm³/mol. The van der Waals surface area contributed by atoms with Crippen molar-refractivity contribution in [3.8, 4) is 17.2 Å². The van der Waals surface area contributed by atoms with Crippen molar-refractivity contribution in [2.45, 2.75) is 60.2 Å².